The third kappa shape index (κ3) is 1.89. The van der Waals surface area contributed by atoms with Gasteiger partial charge in [0.2, 0.25) is 0 Å². The second-order valence-corrected chi connectivity index (χ2v) is 9.58. The summed E-state index contributed by atoms with van der Waals surface area (Å²) in [5.74, 6) is 1.27. The van der Waals surface area contributed by atoms with Crippen LogP contribution in [0.15, 0.2) is 29.2 Å². The zero-order valence-corrected chi connectivity index (χ0v) is 10.8. The maximum absolute atomic E-state index is 13.4. The number of hydrogen-bond donors (Lipinski definition) is 2. The van der Waals surface area contributed by atoms with Crippen LogP contribution in [0.4, 0.5) is 5.69 Å². The molecule has 94 valence electrons. The van der Waals surface area contributed by atoms with E-state index in [0.717, 1.165) is 17.7 Å². The van der Waals surface area contributed by atoms with Gasteiger partial charge >= 0.3 is 0 Å². The van der Waals surface area contributed by atoms with Crippen LogP contribution in [0.1, 0.15) is 25.7 Å². The van der Waals surface area contributed by atoms with E-state index in [1.165, 1.54) is 12.8 Å². The van der Waals surface area contributed by atoms with Crippen LogP contribution in [0.2, 0.25) is 0 Å². The summed E-state index contributed by atoms with van der Waals surface area (Å²) in [7, 11) is -3.13. The maximum Gasteiger partial charge on any atom is 0.0314 e. The van der Waals surface area contributed by atoms with E-state index < -0.39 is 9.25 Å². The predicted octanol–water partition coefficient (Wildman–Crippen LogP) is 1.89. The monoisotopic (exact) mass is 252 g/mol. The lowest BCUT2D eigenvalue weighted by molar-refractivity contribution is 0.648. The van der Waals surface area contributed by atoms with E-state index in [0.29, 0.717) is 17.4 Å². The molecule has 2 fully saturated rings. The highest BCUT2D eigenvalue weighted by atomic mass is 32.3. The molecule has 4 N–H and O–H groups in total. The second-order valence-electron chi connectivity index (χ2n) is 5.62. The van der Waals surface area contributed by atoms with Crippen molar-refractivity contribution in [2.75, 3.05) is 11.5 Å². The van der Waals surface area contributed by atoms with Crippen LogP contribution in [0.25, 0.3) is 0 Å². The molecule has 4 heteroatoms. The molecule has 3 nitrogen and oxygen atoms in total. The van der Waals surface area contributed by atoms with Crippen molar-refractivity contribution in [1.29, 1.82) is 0 Å². The molecule has 0 unspecified atom stereocenters. The first-order valence-electron chi connectivity index (χ1n) is 6.28. The summed E-state index contributed by atoms with van der Waals surface area (Å²) in [4.78, 5) is 0.825. The molecule has 0 aliphatic heterocycles. The molecule has 0 atom stereocenters. The van der Waals surface area contributed by atoms with Crippen LogP contribution in [-0.2, 0) is 9.25 Å². The fourth-order valence-corrected chi connectivity index (χ4v) is 6.64. The molecular formula is C13H20N2OS. The molecule has 2 aliphatic carbocycles. The quantitative estimate of drug-likeness (QED) is 0.803. The molecule has 0 spiro atoms. The van der Waals surface area contributed by atoms with Gasteiger partial charge in [-0.1, -0.05) is 0 Å². The normalized spacial score (nSPS) is 23.0. The molecule has 17 heavy (non-hydrogen) atoms. The standard InChI is InChI=1S/C13H20N2OS/c14-11-3-5-12(6-4-11)17(15,16,13-7-8-13)9-10-1-2-10/h3-6,10,13H,1-2,7-9,14H2,(H2,15,16). The van der Waals surface area contributed by atoms with Crippen LogP contribution in [0.5, 0.6) is 0 Å². The summed E-state index contributed by atoms with van der Waals surface area (Å²) in [6.07, 6.45) is 4.40. The topological polar surface area (TPSA) is 69.1 Å². The average molecular weight is 252 g/mol. The van der Waals surface area contributed by atoms with E-state index in [4.69, 9.17) is 10.9 Å². The Balaban J connectivity index is 2.03. The molecule has 2 aliphatic rings. The van der Waals surface area contributed by atoms with Crippen molar-refractivity contribution in [2.24, 2.45) is 11.1 Å². The molecule has 0 amide bonds. The van der Waals surface area contributed by atoms with Crippen molar-refractivity contribution in [3.63, 3.8) is 0 Å². The molecule has 3 rings (SSSR count). The van der Waals surface area contributed by atoms with E-state index in [2.05, 4.69) is 0 Å². The molecule has 0 radical (unpaired) electrons. The third-order valence-corrected chi connectivity index (χ3v) is 8.38. The molecule has 1 aromatic rings. The molecule has 0 saturated heterocycles. The first-order chi connectivity index (χ1) is 7.98. The van der Waals surface area contributed by atoms with Crippen LogP contribution >= 0.6 is 0 Å². The van der Waals surface area contributed by atoms with Crippen LogP contribution < -0.4 is 10.9 Å². The van der Waals surface area contributed by atoms with Crippen molar-refractivity contribution >= 4 is 14.9 Å². The molecule has 2 saturated carbocycles. The lowest BCUT2D eigenvalue weighted by atomic mass is 10.3. The Bertz CT molecular complexity index is 503. The minimum absolute atomic E-state index is 0.205. The van der Waals surface area contributed by atoms with E-state index in [1.807, 2.05) is 24.3 Å². The summed E-state index contributed by atoms with van der Waals surface area (Å²) in [6, 6.07) is 7.35. The Morgan fingerprint density at radius 2 is 1.71 bits per heavy atom. The third-order valence-electron chi connectivity index (χ3n) is 3.95. The number of benzene rings is 1. The maximum atomic E-state index is 13.4. The van der Waals surface area contributed by atoms with Crippen LogP contribution in [0.3, 0.4) is 0 Å². The first kappa shape index (κ1) is 11.2. The predicted molar refractivity (Wildman–Crippen MR) is 72.1 cm³/mol. The van der Waals surface area contributed by atoms with Gasteiger partial charge in [-0.2, -0.15) is 0 Å². The number of nitrogens with two attached hydrogens (primary N) is 2. The molecule has 0 bridgehead atoms. The largest absolute Gasteiger partial charge is 0.399 e. The molecule has 1 aromatic carbocycles. The van der Waals surface area contributed by atoms with Crippen LogP contribution in [0, 0.1) is 5.92 Å². The van der Waals surface area contributed by atoms with Gasteiger partial charge in [-0.15, -0.1) is 0 Å². The number of hydrogen-bond acceptors (Lipinski definition) is 2. The van der Waals surface area contributed by atoms with Gasteiger partial charge in [0.05, 0.1) is 0 Å². The zero-order valence-electron chi connectivity index (χ0n) is 9.97. The Hall–Kier alpha value is -0.870. The minimum Gasteiger partial charge on any atom is -0.399 e. The first-order valence-corrected chi connectivity index (χ1v) is 8.54. The Labute approximate surface area is 102 Å². The Kier molecular flexibility index (Phi) is 2.20. The van der Waals surface area contributed by atoms with Gasteiger partial charge in [0.25, 0.3) is 0 Å². The second kappa shape index (κ2) is 3.33. The highest BCUT2D eigenvalue weighted by molar-refractivity contribution is 8.18. The van der Waals surface area contributed by atoms with Crippen molar-refractivity contribution < 1.29 is 4.21 Å². The fraction of sp³-hybridized carbons (Fsp3) is 0.538. The van der Waals surface area contributed by atoms with Crippen LogP contribution in [-0.4, -0.2) is 15.2 Å². The van der Waals surface area contributed by atoms with E-state index in [1.54, 1.807) is 0 Å². The highest BCUT2D eigenvalue weighted by Gasteiger charge is 2.51. The Morgan fingerprint density at radius 3 is 2.18 bits per heavy atom. The van der Waals surface area contributed by atoms with Gasteiger partial charge < -0.3 is 5.73 Å². The lowest BCUT2D eigenvalue weighted by Crippen LogP contribution is -2.50. The van der Waals surface area contributed by atoms with Gasteiger partial charge in [-0.25, -0.2) is 0 Å². The summed E-state index contributed by atoms with van der Waals surface area (Å²) in [6.45, 7) is 0. The van der Waals surface area contributed by atoms with Crippen molar-refractivity contribution in [3.8, 4) is 0 Å². The SMILES string of the molecule is Nc1ccc(S(N)(=O)(CC2CC2)C2CC2)cc1. The van der Waals surface area contributed by atoms with Gasteiger partial charge in [-0.3, -0.25) is 9.35 Å². The fourth-order valence-electron chi connectivity index (χ4n) is 2.56. The highest BCUT2D eigenvalue weighted by Crippen LogP contribution is 2.50. The van der Waals surface area contributed by atoms with Gasteiger partial charge in [0.15, 0.2) is 0 Å². The lowest BCUT2D eigenvalue weighted by Gasteiger charge is -2.39. The van der Waals surface area contributed by atoms with E-state index >= 15 is 0 Å². The van der Waals surface area contributed by atoms with E-state index in [-0.39, 0.29) is 5.25 Å². The summed E-state index contributed by atoms with van der Waals surface area (Å²) in [5.41, 5.74) is 6.39. The molecule has 0 aromatic heterocycles. The average Bonchev–Trinajstić information content (AvgIpc) is 3.12. The smallest absolute Gasteiger partial charge is 0.0314 e. The zero-order chi connectivity index (χ0) is 12.1. The summed E-state index contributed by atoms with van der Waals surface area (Å²) >= 11 is 0. The summed E-state index contributed by atoms with van der Waals surface area (Å²) < 4.78 is 13.4. The minimum atomic E-state index is -3.13. The number of rotatable bonds is 4. The number of anilines is 1. The molecule has 0 heterocycles. The van der Waals surface area contributed by atoms with Gasteiger partial charge in [-0.05, 0) is 65.1 Å². The van der Waals surface area contributed by atoms with Crippen molar-refractivity contribution in [3.05, 3.63) is 24.3 Å². The van der Waals surface area contributed by atoms with Gasteiger partial charge in [0.1, 0.15) is 0 Å². The number of nitrogen functional groups attached to an aromatic ring is 1. The van der Waals surface area contributed by atoms with E-state index in [9.17, 15) is 4.21 Å². The van der Waals surface area contributed by atoms with Crippen molar-refractivity contribution in [1.82, 2.24) is 0 Å². The summed E-state index contributed by atoms with van der Waals surface area (Å²) in [5, 5.41) is 6.68. The van der Waals surface area contributed by atoms with Gasteiger partial charge in [0, 0.05) is 21.6 Å². The Morgan fingerprint density at radius 1 is 1.12 bits per heavy atom. The van der Waals surface area contributed by atoms with Crippen molar-refractivity contribution in [2.45, 2.75) is 35.8 Å². The molecular weight excluding hydrogens is 232 g/mol.